The molecule has 0 aliphatic carbocycles. The Kier molecular flexibility index (Phi) is 4.33. The first kappa shape index (κ1) is 15.5. The fourth-order valence-corrected chi connectivity index (χ4v) is 2.23. The van der Waals surface area contributed by atoms with Crippen LogP contribution < -0.4 is 4.74 Å². The van der Waals surface area contributed by atoms with Gasteiger partial charge in [0.25, 0.3) is 0 Å². The molecular weight excluding hydrogens is 267 g/mol. The van der Waals surface area contributed by atoms with Crippen LogP contribution in [0.2, 0.25) is 0 Å². The van der Waals surface area contributed by atoms with Crippen molar-refractivity contribution in [2.75, 3.05) is 0 Å². The zero-order valence-corrected chi connectivity index (χ0v) is 12.9. The number of aryl methyl sites for hydroxylation is 1. The first-order valence-corrected chi connectivity index (χ1v) is 7.00. The average Bonchev–Trinajstić information content (AvgIpc) is 2.40. The SMILES string of the molecule is Cc1ccc(Oc2cccc(F)c2CO)c(C(C)(C)C)c1. The van der Waals surface area contributed by atoms with Crippen molar-refractivity contribution in [2.45, 2.75) is 39.7 Å². The molecule has 21 heavy (non-hydrogen) atoms. The van der Waals surface area contributed by atoms with Crippen LogP contribution in [0.1, 0.15) is 37.5 Å². The molecule has 0 aromatic heterocycles. The summed E-state index contributed by atoms with van der Waals surface area (Å²) < 4.78 is 19.6. The molecule has 2 aromatic rings. The Morgan fingerprint density at radius 2 is 1.81 bits per heavy atom. The van der Waals surface area contributed by atoms with Gasteiger partial charge in [0.05, 0.1) is 12.2 Å². The van der Waals surface area contributed by atoms with Gasteiger partial charge in [-0.15, -0.1) is 0 Å². The lowest BCUT2D eigenvalue weighted by atomic mass is 9.85. The molecule has 2 aromatic carbocycles. The van der Waals surface area contributed by atoms with Gasteiger partial charge in [0.15, 0.2) is 0 Å². The van der Waals surface area contributed by atoms with Crippen LogP contribution in [0.5, 0.6) is 11.5 Å². The van der Waals surface area contributed by atoms with Gasteiger partial charge in [0, 0.05) is 5.56 Å². The summed E-state index contributed by atoms with van der Waals surface area (Å²) in [6.07, 6.45) is 0. The molecule has 0 radical (unpaired) electrons. The Morgan fingerprint density at radius 3 is 2.43 bits per heavy atom. The summed E-state index contributed by atoms with van der Waals surface area (Å²) >= 11 is 0. The molecule has 0 bridgehead atoms. The second-order valence-corrected chi connectivity index (χ2v) is 6.23. The van der Waals surface area contributed by atoms with Gasteiger partial charge in [-0.05, 0) is 30.5 Å². The Labute approximate surface area is 125 Å². The van der Waals surface area contributed by atoms with Gasteiger partial charge in [-0.25, -0.2) is 4.39 Å². The first-order chi connectivity index (χ1) is 9.82. The molecule has 0 fully saturated rings. The van der Waals surface area contributed by atoms with Crippen molar-refractivity contribution < 1.29 is 14.2 Å². The van der Waals surface area contributed by atoms with Crippen LogP contribution in [-0.2, 0) is 12.0 Å². The van der Waals surface area contributed by atoms with E-state index in [0.717, 1.165) is 11.1 Å². The van der Waals surface area contributed by atoms with E-state index in [2.05, 4.69) is 26.8 Å². The normalized spacial score (nSPS) is 11.5. The van der Waals surface area contributed by atoms with Crippen LogP contribution in [0.3, 0.4) is 0 Å². The molecule has 0 unspecified atom stereocenters. The van der Waals surface area contributed by atoms with Crippen LogP contribution >= 0.6 is 0 Å². The molecule has 0 aliphatic heterocycles. The lowest BCUT2D eigenvalue weighted by Gasteiger charge is -2.24. The lowest BCUT2D eigenvalue weighted by Crippen LogP contribution is -2.13. The average molecular weight is 288 g/mol. The van der Waals surface area contributed by atoms with Gasteiger partial charge in [0.2, 0.25) is 0 Å². The summed E-state index contributed by atoms with van der Waals surface area (Å²) in [6.45, 7) is 7.95. The molecule has 112 valence electrons. The number of rotatable bonds is 3. The van der Waals surface area contributed by atoms with Crippen molar-refractivity contribution in [3.05, 3.63) is 58.9 Å². The number of benzene rings is 2. The Morgan fingerprint density at radius 1 is 1.10 bits per heavy atom. The van der Waals surface area contributed by atoms with Gasteiger partial charge in [-0.3, -0.25) is 0 Å². The minimum atomic E-state index is -0.459. The molecule has 0 saturated heterocycles. The predicted octanol–water partition coefficient (Wildman–Crippen LogP) is 4.72. The maximum Gasteiger partial charge on any atom is 0.135 e. The molecule has 0 atom stereocenters. The van der Waals surface area contributed by atoms with Crippen LogP contribution in [0, 0.1) is 12.7 Å². The van der Waals surface area contributed by atoms with E-state index in [4.69, 9.17) is 4.74 Å². The number of ether oxygens (including phenoxy) is 1. The maximum absolute atomic E-state index is 13.7. The van der Waals surface area contributed by atoms with Crippen LogP contribution in [0.25, 0.3) is 0 Å². The lowest BCUT2D eigenvalue weighted by molar-refractivity contribution is 0.269. The van der Waals surface area contributed by atoms with Gasteiger partial charge < -0.3 is 9.84 Å². The van der Waals surface area contributed by atoms with Crippen molar-refractivity contribution in [2.24, 2.45) is 0 Å². The zero-order valence-electron chi connectivity index (χ0n) is 12.9. The third-order valence-corrected chi connectivity index (χ3v) is 3.40. The zero-order chi connectivity index (χ0) is 15.6. The minimum absolute atomic E-state index is 0.0892. The fraction of sp³-hybridized carbons (Fsp3) is 0.333. The van der Waals surface area contributed by atoms with Crippen LogP contribution in [0.15, 0.2) is 36.4 Å². The van der Waals surface area contributed by atoms with E-state index in [1.54, 1.807) is 12.1 Å². The number of aliphatic hydroxyl groups is 1. The molecule has 0 saturated carbocycles. The van der Waals surface area contributed by atoms with E-state index in [1.807, 2.05) is 19.1 Å². The largest absolute Gasteiger partial charge is 0.457 e. The standard InChI is InChI=1S/C18H21FO2/c1-12-8-9-17(14(10-12)18(2,3)4)21-16-7-5-6-15(19)13(16)11-20/h5-10,20H,11H2,1-4H3. The maximum atomic E-state index is 13.7. The van der Waals surface area contributed by atoms with E-state index in [9.17, 15) is 9.50 Å². The predicted molar refractivity (Wildman–Crippen MR) is 82.3 cm³/mol. The summed E-state index contributed by atoms with van der Waals surface area (Å²) in [5, 5.41) is 9.33. The third kappa shape index (κ3) is 3.42. The highest BCUT2D eigenvalue weighted by Gasteiger charge is 2.20. The number of halogens is 1. The summed E-state index contributed by atoms with van der Waals surface area (Å²) in [6, 6.07) is 10.5. The van der Waals surface area contributed by atoms with Gasteiger partial charge in [-0.1, -0.05) is 44.5 Å². The number of aliphatic hydroxyl groups excluding tert-OH is 1. The molecule has 0 heterocycles. The summed E-state index contributed by atoms with van der Waals surface area (Å²) in [7, 11) is 0. The summed E-state index contributed by atoms with van der Waals surface area (Å²) in [5.41, 5.74) is 2.29. The number of hydrogen-bond donors (Lipinski definition) is 1. The quantitative estimate of drug-likeness (QED) is 0.885. The Hall–Kier alpha value is -1.87. The van der Waals surface area contributed by atoms with Crippen molar-refractivity contribution in [3.8, 4) is 11.5 Å². The van der Waals surface area contributed by atoms with E-state index >= 15 is 0 Å². The highest BCUT2D eigenvalue weighted by Crippen LogP contribution is 2.36. The van der Waals surface area contributed by atoms with Gasteiger partial charge in [0.1, 0.15) is 17.3 Å². The van der Waals surface area contributed by atoms with E-state index in [0.29, 0.717) is 11.5 Å². The molecule has 0 spiro atoms. The van der Waals surface area contributed by atoms with E-state index in [1.165, 1.54) is 6.07 Å². The third-order valence-electron chi connectivity index (χ3n) is 3.40. The Balaban J connectivity index is 2.48. The molecule has 2 rings (SSSR count). The van der Waals surface area contributed by atoms with Crippen molar-refractivity contribution in [3.63, 3.8) is 0 Å². The number of hydrogen-bond acceptors (Lipinski definition) is 2. The smallest absolute Gasteiger partial charge is 0.135 e. The molecule has 0 aliphatic rings. The first-order valence-electron chi connectivity index (χ1n) is 7.00. The second-order valence-electron chi connectivity index (χ2n) is 6.23. The molecule has 0 amide bonds. The van der Waals surface area contributed by atoms with Gasteiger partial charge in [-0.2, -0.15) is 0 Å². The van der Waals surface area contributed by atoms with Crippen molar-refractivity contribution >= 4 is 0 Å². The van der Waals surface area contributed by atoms with E-state index < -0.39 is 12.4 Å². The summed E-state index contributed by atoms with van der Waals surface area (Å²) in [4.78, 5) is 0. The molecule has 2 nitrogen and oxygen atoms in total. The monoisotopic (exact) mass is 288 g/mol. The van der Waals surface area contributed by atoms with Crippen molar-refractivity contribution in [1.82, 2.24) is 0 Å². The van der Waals surface area contributed by atoms with Crippen LogP contribution in [0.4, 0.5) is 4.39 Å². The highest BCUT2D eigenvalue weighted by atomic mass is 19.1. The highest BCUT2D eigenvalue weighted by molar-refractivity contribution is 5.45. The van der Waals surface area contributed by atoms with E-state index in [-0.39, 0.29) is 11.0 Å². The summed E-state index contributed by atoms with van der Waals surface area (Å²) in [5.74, 6) is 0.583. The topological polar surface area (TPSA) is 29.5 Å². The molecule has 1 N–H and O–H groups in total. The van der Waals surface area contributed by atoms with Crippen LogP contribution in [-0.4, -0.2) is 5.11 Å². The second kappa shape index (κ2) is 5.86. The minimum Gasteiger partial charge on any atom is -0.457 e. The van der Waals surface area contributed by atoms with Crippen molar-refractivity contribution in [1.29, 1.82) is 0 Å². The molecular formula is C18H21FO2. The Bertz CT molecular complexity index is 642. The fourth-order valence-electron chi connectivity index (χ4n) is 2.23. The van der Waals surface area contributed by atoms with Gasteiger partial charge >= 0.3 is 0 Å². The molecule has 3 heteroatoms.